The molecule has 346 valence electrons. The lowest BCUT2D eigenvalue weighted by Crippen LogP contribution is -2.50. The van der Waals surface area contributed by atoms with Gasteiger partial charge in [-0.2, -0.15) is 0 Å². The molecule has 1 N–H and O–H groups in total. The fourth-order valence-corrected chi connectivity index (χ4v) is 6.41. The highest BCUT2D eigenvalue weighted by Crippen LogP contribution is 2.14. The highest BCUT2D eigenvalue weighted by atomic mass is 16.6. The van der Waals surface area contributed by atoms with E-state index in [9.17, 15) is 19.5 Å². The van der Waals surface area contributed by atoms with E-state index in [-0.39, 0.29) is 36.2 Å². The van der Waals surface area contributed by atoms with Crippen LogP contribution in [0.3, 0.4) is 0 Å². The van der Waals surface area contributed by atoms with E-state index in [2.05, 4.69) is 111 Å². The first kappa shape index (κ1) is 57.2. The van der Waals surface area contributed by atoms with Crippen LogP contribution in [0, 0.1) is 0 Å². The third kappa shape index (κ3) is 41.4. The summed E-state index contributed by atoms with van der Waals surface area (Å²) in [6.45, 7) is 4.45. The van der Waals surface area contributed by atoms with Crippen molar-refractivity contribution < 1.29 is 38.2 Å². The van der Waals surface area contributed by atoms with Crippen molar-refractivity contribution in [3.63, 3.8) is 0 Å². The SMILES string of the molecule is CC/C=C/C=C/C=C/CCCCCCCCCC(=O)OC(COCCC(C(=O)O)[N+](C)(C)C)COC(=O)CCCCCCCC/C=C/C/C=C/C/C=C/C/C=C/C/C=C/CC. The van der Waals surface area contributed by atoms with Crippen LogP contribution in [0.1, 0.15) is 168 Å². The largest absolute Gasteiger partial charge is 0.477 e. The number of unbranched alkanes of at least 4 members (excludes halogenated alkanes) is 13. The molecule has 0 heterocycles. The van der Waals surface area contributed by atoms with Crippen LogP contribution in [-0.4, -0.2) is 80.6 Å². The average molecular weight is 851 g/mol. The quantitative estimate of drug-likeness (QED) is 0.0215. The molecule has 0 aromatic carbocycles. The number of rotatable bonds is 41. The summed E-state index contributed by atoms with van der Waals surface area (Å²) in [5, 5.41) is 9.64. The number of carboxylic acids is 1. The summed E-state index contributed by atoms with van der Waals surface area (Å²) in [6, 6.07) is -0.625. The van der Waals surface area contributed by atoms with E-state index in [1.54, 1.807) is 0 Å². The van der Waals surface area contributed by atoms with Gasteiger partial charge < -0.3 is 23.8 Å². The van der Waals surface area contributed by atoms with Crippen molar-refractivity contribution in [2.75, 3.05) is 41.0 Å². The van der Waals surface area contributed by atoms with Gasteiger partial charge in [0.05, 0.1) is 34.4 Å². The number of allylic oxidation sites excluding steroid dienone is 16. The lowest BCUT2D eigenvalue weighted by Gasteiger charge is -2.31. The fourth-order valence-electron chi connectivity index (χ4n) is 6.41. The van der Waals surface area contributed by atoms with Crippen LogP contribution in [0.5, 0.6) is 0 Å². The van der Waals surface area contributed by atoms with Crippen LogP contribution in [-0.2, 0) is 28.6 Å². The van der Waals surface area contributed by atoms with Crippen LogP contribution >= 0.6 is 0 Å². The Morgan fingerprint density at radius 1 is 0.508 bits per heavy atom. The molecular weight excluding hydrogens is 763 g/mol. The number of likely N-dealkylation sites (N-methyl/N-ethyl adjacent to an activating group) is 1. The van der Waals surface area contributed by atoms with E-state index in [1.807, 2.05) is 21.1 Å². The van der Waals surface area contributed by atoms with Gasteiger partial charge in [0, 0.05) is 19.3 Å². The van der Waals surface area contributed by atoms with Gasteiger partial charge in [-0.05, 0) is 77.0 Å². The maximum Gasteiger partial charge on any atom is 0.362 e. The van der Waals surface area contributed by atoms with Crippen molar-refractivity contribution in [3.8, 4) is 0 Å². The number of nitrogens with zero attached hydrogens (tertiary/aromatic N) is 1. The third-order valence-corrected chi connectivity index (χ3v) is 10.0. The molecule has 8 nitrogen and oxygen atoms in total. The predicted octanol–water partition coefficient (Wildman–Crippen LogP) is 13.5. The monoisotopic (exact) mass is 851 g/mol. The zero-order valence-corrected chi connectivity index (χ0v) is 39.3. The Morgan fingerprint density at radius 3 is 1.46 bits per heavy atom. The number of hydrogen-bond acceptors (Lipinski definition) is 6. The van der Waals surface area contributed by atoms with Gasteiger partial charge in [0.15, 0.2) is 12.1 Å². The average Bonchev–Trinajstić information content (AvgIpc) is 3.22. The summed E-state index contributed by atoms with van der Waals surface area (Å²) in [5.41, 5.74) is 0. The summed E-state index contributed by atoms with van der Waals surface area (Å²) >= 11 is 0. The number of carbonyl (C=O) groups excluding carboxylic acids is 2. The van der Waals surface area contributed by atoms with Gasteiger partial charge in [-0.3, -0.25) is 9.59 Å². The summed E-state index contributed by atoms with van der Waals surface area (Å²) < 4.78 is 17.3. The Balaban J connectivity index is 4.34. The number of ether oxygens (including phenoxy) is 3. The van der Waals surface area contributed by atoms with E-state index in [1.165, 1.54) is 32.1 Å². The Kier molecular flexibility index (Phi) is 40.3. The standard InChI is InChI=1S/C53H87NO7/c1-6-8-10-12-14-16-18-20-22-23-24-25-26-27-28-30-31-33-35-37-39-41-43-51(55)60-48-49(47-59-46-45-50(53(57)58)54(3,4)5)61-52(56)44-42-40-38-36-34-32-29-21-19-17-15-13-11-9-7-2/h8-11,13-17,19-20,22,24-25,27-28,49-50H,6-7,12,18,21,23,26,29-48H2,1-5H3/p+1/b10-8+,11-9+,15-13+,16-14+,19-17+,22-20+,25-24+,28-27+. The number of carbonyl (C=O) groups is 3. The predicted molar refractivity (Wildman–Crippen MR) is 256 cm³/mol. The number of quaternary nitrogens is 1. The second kappa shape index (κ2) is 42.9. The first-order valence-corrected chi connectivity index (χ1v) is 23.8. The summed E-state index contributed by atoms with van der Waals surface area (Å²) in [4.78, 5) is 37.1. The molecule has 0 aliphatic carbocycles. The highest BCUT2D eigenvalue weighted by molar-refractivity contribution is 5.72. The third-order valence-electron chi connectivity index (χ3n) is 10.0. The molecule has 0 aliphatic rings. The van der Waals surface area contributed by atoms with Crippen molar-refractivity contribution in [1.29, 1.82) is 0 Å². The molecule has 0 spiro atoms. The van der Waals surface area contributed by atoms with E-state index in [0.717, 1.165) is 103 Å². The van der Waals surface area contributed by atoms with Gasteiger partial charge in [-0.15, -0.1) is 0 Å². The first-order chi connectivity index (χ1) is 29.6. The van der Waals surface area contributed by atoms with Crippen molar-refractivity contribution in [1.82, 2.24) is 0 Å². The van der Waals surface area contributed by atoms with Crippen molar-refractivity contribution in [2.24, 2.45) is 0 Å². The van der Waals surface area contributed by atoms with Crippen LogP contribution in [0.2, 0.25) is 0 Å². The second-order valence-corrected chi connectivity index (χ2v) is 16.7. The molecule has 0 bridgehead atoms. The Labute approximate surface area is 373 Å². The van der Waals surface area contributed by atoms with E-state index < -0.39 is 18.1 Å². The molecule has 0 saturated carbocycles. The molecule has 0 saturated heterocycles. The molecule has 2 atom stereocenters. The van der Waals surface area contributed by atoms with E-state index in [4.69, 9.17) is 14.2 Å². The topological polar surface area (TPSA) is 99.1 Å². The van der Waals surface area contributed by atoms with Crippen molar-refractivity contribution >= 4 is 17.9 Å². The van der Waals surface area contributed by atoms with Crippen LogP contribution in [0.25, 0.3) is 0 Å². The number of hydrogen-bond donors (Lipinski definition) is 1. The Bertz CT molecular complexity index is 1310. The zero-order valence-electron chi connectivity index (χ0n) is 39.3. The van der Waals surface area contributed by atoms with Crippen LogP contribution in [0.4, 0.5) is 0 Å². The fraction of sp³-hybridized carbons (Fsp3) is 0.642. The highest BCUT2D eigenvalue weighted by Gasteiger charge is 2.31. The smallest absolute Gasteiger partial charge is 0.362 e. The molecule has 0 rings (SSSR count). The number of carboxylic acid groups (broad SMARTS) is 1. The minimum atomic E-state index is -0.884. The molecule has 0 radical (unpaired) electrons. The normalized spacial score (nSPS) is 13.8. The van der Waals surface area contributed by atoms with Crippen LogP contribution < -0.4 is 0 Å². The van der Waals surface area contributed by atoms with Crippen LogP contribution in [0.15, 0.2) is 97.2 Å². The summed E-state index contributed by atoms with van der Waals surface area (Å²) in [7, 11) is 5.51. The number of esters is 2. The van der Waals surface area contributed by atoms with Gasteiger partial charge in [-0.25, -0.2) is 4.79 Å². The molecule has 2 unspecified atom stereocenters. The van der Waals surface area contributed by atoms with Gasteiger partial charge in [0.1, 0.15) is 6.61 Å². The molecule has 0 fully saturated rings. The molecule has 0 aliphatic heterocycles. The van der Waals surface area contributed by atoms with Gasteiger partial charge in [-0.1, -0.05) is 169 Å². The lowest BCUT2D eigenvalue weighted by molar-refractivity contribution is -0.887. The first-order valence-electron chi connectivity index (χ1n) is 23.8. The zero-order chi connectivity index (χ0) is 44.9. The minimum Gasteiger partial charge on any atom is -0.477 e. The Morgan fingerprint density at radius 2 is 0.951 bits per heavy atom. The molecule has 0 aromatic rings. The maximum absolute atomic E-state index is 12.7. The maximum atomic E-state index is 12.7. The van der Waals surface area contributed by atoms with E-state index >= 15 is 0 Å². The minimum absolute atomic E-state index is 0.0451. The Hall–Kier alpha value is -3.75. The molecule has 0 amide bonds. The molecular formula is C53H88NO7+. The summed E-state index contributed by atoms with van der Waals surface area (Å²) in [6.07, 6.45) is 57.3. The molecule has 61 heavy (non-hydrogen) atoms. The van der Waals surface area contributed by atoms with E-state index in [0.29, 0.717) is 19.3 Å². The lowest BCUT2D eigenvalue weighted by atomic mass is 10.1. The van der Waals surface area contributed by atoms with Crippen molar-refractivity contribution in [2.45, 2.75) is 180 Å². The molecule has 8 heteroatoms. The molecule has 0 aromatic heterocycles. The second-order valence-electron chi connectivity index (χ2n) is 16.7. The van der Waals surface area contributed by atoms with Crippen molar-refractivity contribution in [3.05, 3.63) is 97.2 Å². The summed E-state index contributed by atoms with van der Waals surface area (Å²) in [5.74, 6) is -1.51. The van der Waals surface area contributed by atoms with Gasteiger partial charge in [0.2, 0.25) is 0 Å². The number of aliphatic carboxylic acids is 1. The van der Waals surface area contributed by atoms with Gasteiger partial charge >= 0.3 is 17.9 Å². The van der Waals surface area contributed by atoms with Gasteiger partial charge in [0.25, 0.3) is 0 Å².